The molecule has 3 rings (SSSR count). The van der Waals surface area contributed by atoms with Gasteiger partial charge in [0.2, 0.25) is 0 Å². The molecule has 0 atom stereocenters. The van der Waals surface area contributed by atoms with E-state index < -0.39 is 0 Å². The second kappa shape index (κ2) is 4.82. The normalized spacial score (nSPS) is 15.6. The molecule has 4 heteroatoms. The fourth-order valence-electron chi connectivity index (χ4n) is 2.27. The molecule has 2 heterocycles. The molecule has 0 spiro atoms. The number of aryl methyl sites for hydroxylation is 1. The Kier molecular flexibility index (Phi) is 3.02. The first-order chi connectivity index (χ1) is 8.83. The van der Waals surface area contributed by atoms with Gasteiger partial charge in [-0.1, -0.05) is 12.2 Å². The first-order valence-corrected chi connectivity index (χ1v) is 6.30. The number of furan rings is 1. The van der Waals surface area contributed by atoms with Crippen molar-refractivity contribution in [2.45, 2.75) is 32.4 Å². The van der Waals surface area contributed by atoms with Crippen LogP contribution in [0.15, 0.2) is 34.9 Å². The highest BCUT2D eigenvalue weighted by molar-refractivity contribution is 5.56. The van der Waals surface area contributed by atoms with Crippen LogP contribution in [0.5, 0.6) is 0 Å². The number of hydrogen-bond acceptors (Lipinski definition) is 3. The molecule has 0 saturated heterocycles. The minimum absolute atomic E-state index is 0.561. The van der Waals surface area contributed by atoms with Crippen molar-refractivity contribution in [1.82, 2.24) is 15.5 Å². The number of nitrogens with zero attached hydrogens (tertiary/aromatic N) is 1. The minimum atomic E-state index is 0.561. The largest absolute Gasteiger partial charge is 0.460 e. The van der Waals surface area contributed by atoms with Crippen molar-refractivity contribution in [2.24, 2.45) is 0 Å². The van der Waals surface area contributed by atoms with Crippen LogP contribution in [0.1, 0.15) is 24.2 Å². The van der Waals surface area contributed by atoms with Crippen molar-refractivity contribution >= 4 is 0 Å². The van der Waals surface area contributed by atoms with Gasteiger partial charge in [0.15, 0.2) is 5.76 Å². The van der Waals surface area contributed by atoms with E-state index in [1.807, 2.05) is 25.3 Å². The van der Waals surface area contributed by atoms with Crippen LogP contribution in [0.4, 0.5) is 0 Å². The molecule has 94 valence electrons. The van der Waals surface area contributed by atoms with Crippen molar-refractivity contribution in [1.29, 1.82) is 0 Å². The molecule has 4 nitrogen and oxygen atoms in total. The van der Waals surface area contributed by atoms with Gasteiger partial charge in [0.25, 0.3) is 0 Å². The Hall–Kier alpha value is -1.81. The average molecular weight is 243 g/mol. The summed E-state index contributed by atoms with van der Waals surface area (Å²) in [7, 11) is 0. The van der Waals surface area contributed by atoms with Gasteiger partial charge in [-0.25, -0.2) is 0 Å². The molecule has 0 aliphatic heterocycles. The maximum absolute atomic E-state index is 5.63. The Balaban J connectivity index is 1.71. The molecule has 0 unspecified atom stereocenters. The zero-order valence-electron chi connectivity index (χ0n) is 10.4. The number of H-pyrrole nitrogens is 1. The molecule has 2 N–H and O–H groups in total. The molecular formula is C14H17N3O. The lowest BCUT2D eigenvalue weighted by molar-refractivity contribution is 0.532. The Morgan fingerprint density at radius 3 is 2.94 bits per heavy atom. The van der Waals surface area contributed by atoms with Crippen LogP contribution in [0.3, 0.4) is 0 Å². The van der Waals surface area contributed by atoms with Crippen molar-refractivity contribution in [3.8, 4) is 11.5 Å². The number of aromatic nitrogens is 2. The van der Waals surface area contributed by atoms with Crippen LogP contribution < -0.4 is 5.32 Å². The topological polar surface area (TPSA) is 53.9 Å². The van der Waals surface area contributed by atoms with Crippen LogP contribution in [0.25, 0.3) is 11.5 Å². The summed E-state index contributed by atoms with van der Waals surface area (Å²) < 4.78 is 5.63. The lowest BCUT2D eigenvalue weighted by atomic mass is 10.2. The monoisotopic (exact) mass is 243 g/mol. The highest BCUT2D eigenvalue weighted by Gasteiger charge is 2.14. The summed E-state index contributed by atoms with van der Waals surface area (Å²) in [5.41, 5.74) is 2.12. The quantitative estimate of drug-likeness (QED) is 0.812. The van der Waals surface area contributed by atoms with E-state index in [0.29, 0.717) is 6.04 Å². The summed E-state index contributed by atoms with van der Waals surface area (Å²) in [4.78, 5) is 0. The third-order valence-corrected chi connectivity index (χ3v) is 3.29. The van der Waals surface area contributed by atoms with E-state index in [4.69, 9.17) is 4.42 Å². The predicted molar refractivity (Wildman–Crippen MR) is 70.0 cm³/mol. The maximum Gasteiger partial charge on any atom is 0.152 e. The summed E-state index contributed by atoms with van der Waals surface area (Å²) in [6, 6.07) is 4.50. The Morgan fingerprint density at radius 1 is 1.39 bits per heavy atom. The second-order valence-electron chi connectivity index (χ2n) is 4.70. The summed E-state index contributed by atoms with van der Waals surface area (Å²) in [5, 5.41) is 10.7. The van der Waals surface area contributed by atoms with Gasteiger partial charge in [0, 0.05) is 18.2 Å². The highest BCUT2D eigenvalue weighted by atomic mass is 16.3. The Labute approximate surface area is 106 Å². The Morgan fingerprint density at radius 2 is 2.22 bits per heavy atom. The summed E-state index contributed by atoms with van der Waals surface area (Å²) >= 11 is 0. The van der Waals surface area contributed by atoms with E-state index in [2.05, 4.69) is 27.7 Å². The van der Waals surface area contributed by atoms with Crippen LogP contribution >= 0.6 is 0 Å². The average Bonchev–Trinajstić information content (AvgIpc) is 3.07. The molecule has 0 radical (unpaired) electrons. The van der Waals surface area contributed by atoms with Crippen LogP contribution in [0, 0.1) is 6.92 Å². The minimum Gasteiger partial charge on any atom is -0.460 e. The van der Waals surface area contributed by atoms with Gasteiger partial charge in [-0.2, -0.15) is 5.10 Å². The van der Waals surface area contributed by atoms with Gasteiger partial charge >= 0.3 is 0 Å². The van der Waals surface area contributed by atoms with E-state index in [1.165, 1.54) is 0 Å². The van der Waals surface area contributed by atoms with E-state index in [0.717, 1.165) is 42.2 Å². The van der Waals surface area contributed by atoms with Gasteiger partial charge in [-0.3, -0.25) is 5.10 Å². The van der Waals surface area contributed by atoms with E-state index >= 15 is 0 Å². The second-order valence-corrected chi connectivity index (χ2v) is 4.70. The summed E-state index contributed by atoms with van der Waals surface area (Å²) in [6.45, 7) is 2.76. The zero-order valence-corrected chi connectivity index (χ0v) is 10.4. The standard InChI is InChI=1S/C14H17N3O/c1-10-6-7-13(18-10)14-11(9-16-17-14)8-15-12-4-2-3-5-12/h2-3,6-7,9,12,15H,4-5,8H2,1H3,(H,16,17). The predicted octanol–water partition coefficient (Wildman–Crippen LogP) is 2.79. The number of aromatic amines is 1. The van der Waals surface area contributed by atoms with Crippen molar-refractivity contribution in [2.75, 3.05) is 0 Å². The summed E-state index contributed by atoms with van der Waals surface area (Å²) in [6.07, 6.45) is 8.55. The summed E-state index contributed by atoms with van der Waals surface area (Å²) in [5.74, 6) is 1.77. The van der Waals surface area contributed by atoms with Gasteiger partial charge in [0.1, 0.15) is 11.5 Å². The molecule has 2 aromatic rings. The fraction of sp³-hybridized carbons (Fsp3) is 0.357. The number of hydrogen-bond donors (Lipinski definition) is 2. The lowest BCUT2D eigenvalue weighted by Crippen LogP contribution is -2.25. The molecule has 0 aromatic carbocycles. The lowest BCUT2D eigenvalue weighted by Gasteiger charge is -2.11. The van der Waals surface area contributed by atoms with Crippen LogP contribution in [-0.4, -0.2) is 16.2 Å². The number of rotatable bonds is 4. The fourth-order valence-corrected chi connectivity index (χ4v) is 2.27. The molecule has 0 fully saturated rings. The molecule has 1 aliphatic rings. The van der Waals surface area contributed by atoms with Gasteiger partial charge in [-0.15, -0.1) is 0 Å². The maximum atomic E-state index is 5.63. The van der Waals surface area contributed by atoms with Crippen LogP contribution in [0.2, 0.25) is 0 Å². The highest BCUT2D eigenvalue weighted by Crippen LogP contribution is 2.23. The smallest absolute Gasteiger partial charge is 0.152 e. The first-order valence-electron chi connectivity index (χ1n) is 6.30. The Bertz CT molecular complexity index is 545. The molecule has 0 bridgehead atoms. The molecule has 0 amide bonds. The van der Waals surface area contributed by atoms with Crippen molar-refractivity contribution < 1.29 is 4.42 Å². The van der Waals surface area contributed by atoms with Crippen molar-refractivity contribution in [3.05, 3.63) is 41.8 Å². The SMILES string of the molecule is Cc1ccc(-c2[nH]ncc2CNC2CC=CC2)o1. The first kappa shape index (κ1) is 11.3. The van der Waals surface area contributed by atoms with E-state index in [9.17, 15) is 0 Å². The van der Waals surface area contributed by atoms with Gasteiger partial charge in [0.05, 0.1) is 6.20 Å². The van der Waals surface area contributed by atoms with E-state index in [-0.39, 0.29) is 0 Å². The molecular weight excluding hydrogens is 226 g/mol. The molecule has 1 aliphatic carbocycles. The van der Waals surface area contributed by atoms with Gasteiger partial charge < -0.3 is 9.73 Å². The third-order valence-electron chi connectivity index (χ3n) is 3.29. The molecule has 0 saturated carbocycles. The zero-order chi connectivity index (χ0) is 12.4. The molecule has 18 heavy (non-hydrogen) atoms. The van der Waals surface area contributed by atoms with Crippen LogP contribution in [-0.2, 0) is 6.54 Å². The van der Waals surface area contributed by atoms with Crippen molar-refractivity contribution in [3.63, 3.8) is 0 Å². The van der Waals surface area contributed by atoms with E-state index in [1.54, 1.807) is 0 Å². The molecule has 2 aromatic heterocycles. The van der Waals surface area contributed by atoms with Gasteiger partial charge in [-0.05, 0) is 31.9 Å². The third kappa shape index (κ3) is 2.24. The number of nitrogens with one attached hydrogen (secondary N) is 2.